The van der Waals surface area contributed by atoms with Crippen molar-refractivity contribution in [3.63, 3.8) is 0 Å². The molecule has 1 aromatic heterocycles. The molecule has 0 radical (unpaired) electrons. The van der Waals surface area contributed by atoms with Gasteiger partial charge in [-0.05, 0) is 32.9 Å². The molecular formula is C17H20FN3O. The molecule has 2 aromatic rings. The van der Waals surface area contributed by atoms with Gasteiger partial charge in [-0.15, -0.1) is 0 Å². The van der Waals surface area contributed by atoms with Crippen LogP contribution in [-0.2, 0) is 11.0 Å². The fourth-order valence-electron chi connectivity index (χ4n) is 2.47. The van der Waals surface area contributed by atoms with Gasteiger partial charge in [-0.2, -0.15) is 5.26 Å². The minimum Gasteiger partial charge on any atom is -0.290 e. The van der Waals surface area contributed by atoms with Crippen LogP contribution >= 0.6 is 0 Å². The zero-order valence-corrected chi connectivity index (χ0v) is 13.8. The molecule has 0 unspecified atom stereocenters. The summed E-state index contributed by atoms with van der Waals surface area (Å²) in [6.45, 7) is 11.6. The molecule has 1 aromatic carbocycles. The van der Waals surface area contributed by atoms with Gasteiger partial charge in [0.1, 0.15) is 17.7 Å². The first-order chi connectivity index (χ1) is 9.96. The summed E-state index contributed by atoms with van der Waals surface area (Å²) in [5, 5.41) is 9.35. The Morgan fingerprint density at radius 2 is 1.77 bits per heavy atom. The Kier molecular flexibility index (Phi) is 3.60. The van der Waals surface area contributed by atoms with Crippen molar-refractivity contribution in [2.45, 2.75) is 52.5 Å². The Morgan fingerprint density at radius 3 is 2.23 bits per heavy atom. The summed E-state index contributed by atoms with van der Waals surface area (Å²) in [6, 6.07) is 4.19. The van der Waals surface area contributed by atoms with Crippen LogP contribution in [0.2, 0.25) is 0 Å². The maximum atomic E-state index is 13.7. The fourth-order valence-corrected chi connectivity index (χ4v) is 2.47. The molecule has 22 heavy (non-hydrogen) atoms. The highest BCUT2D eigenvalue weighted by Crippen LogP contribution is 2.27. The molecule has 0 aliphatic rings. The third-order valence-electron chi connectivity index (χ3n) is 3.40. The Labute approximate surface area is 129 Å². The summed E-state index contributed by atoms with van der Waals surface area (Å²) >= 11 is 0. The zero-order valence-electron chi connectivity index (χ0n) is 13.8. The molecule has 1 heterocycles. The summed E-state index contributed by atoms with van der Waals surface area (Å²) < 4.78 is 15.3. The SMILES string of the molecule is CC(C)(C)c1nc2c(C#N)cc(F)cc2c(=O)n1C(C)(C)C. The molecule has 0 spiro atoms. The number of halogens is 1. The quantitative estimate of drug-likeness (QED) is 0.748. The van der Waals surface area contributed by atoms with Crippen LogP contribution in [-0.4, -0.2) is 9.55 Å². The minimum absolute atomic E-state index is 0.0821. The molecule has 0 bridgehead atoms. The van der Waals surface area contributed by atoms with Gasteiger partial charge in [0.15, 0.2) is 0 Å². The second-order valence-corrected chi connectivity index (χ2v) is 7.46. The number of nitrogens with zero attached hydrogens (tertiary/aromatic N) is 3. The van der Waals surface area contributed by atoms with E-state index in [0.717, 1.165) is 12.1 Å². The van der Waals surface area contributed by atoms with Gasteiger partial charge in [-0.3, -0.25) is 9.36 Å². The lowest BCUT2D eigenvalue weighted by Crippen LogP contribution is -2.40. The van der Waals surface area contributed by atoms with E-state index in [4.69, 9.17) is 0 Å². The standard InChI is InChI=1S/C17H20FN3O/c1-16(2,3)15-20-13-10(9-19)7-11(18)8-12(13)14(22)21(15)17(4,5)6/h7-8H,1-6H3. The number of aromatic nitrogens is 2. The van der Waals surface area contributed by atoms with E-state index in [2.05, 4.69) is 4.98 Å². The number of hydrogen-bond donors (Lipinski definition) is 0. The van der Waals surface area contributed by atoms with Crippen molar-refractivity contribution >= 4 is 10.9 Å². The monoisotopic (exact) mass is 301 g/mol. The fraction of sp³-hybridized carbons (Fsp3) is 0.471. The minimum atomic E-state index is -0.605. The Morgan fingerprint density at radius 1 is 1.18 bits per heavy atom. The van der Waals surface area contributed by atoms with Crippen molar-refractivity contribution in [2.24, 2.45) is 0 Å². The van der Waals surface area contributed by atoms with Crippen molar-refractivity contribution in [1.82, 2.24) is 9.55 Å². The lowest BCUT2D eigenvalue weighted by Gasteiger charge is -2.31. The van der Waals surface area contributed by atoms with Crippen molar-refractivity contribution in [3.05, 3.63) is 39.7 Å². The summed E-state index contributed by atoms with van der Waals surface area (Å²) in [7, 11) is 0. The van der Waals surface area contributed by atoms with Gasteiger partial charge in [0.2, 0.25) is 0 Å². The Balaban J connectivity index is 3.11. The van der Waals surface area contributed by atoms with E-state index < -0.39 is 11.4 Å². The van der Waals surface area contributed by atoms with Gasteiger partial charge in [0.25, 0.3) is 5.56 Å². The number of nitriles is 1. The van der Waals surface area contributed by atoms with Crippen molar-refractivity contribution in [3.8, 4) is 6.07 Å². The van der Waals surface area contributed by atoms with Gasteiger partial charge in [-0.1, -0.05) is 20.8 Å². The Hall–Kier alpha value is -2.22. The van der Waals surface area contributed by atoms with E-state index in [1.165, 1.54) is 0 Å². The average molecular weight is 301 g/mol. The van der Waals surface area contributed by atoms with Crippen molar-refractivity contribution < 1.29 is 4.39 Å². The van der Waals surface area contributed by atoms with Gasteiger partial charge < -0.3 is 0 Å². The Bertz CT molecular complexity index is 846. The van der Waals surface area contributed by atoms with Crippen LogP contribution in [0.25, 0.3) is 10.9 Å². The molecule has 0 aliphatic carbocycles. The smallest absolute Gasteiger partial charge is 0.262 e. The van der Waals surface area contributed by atoms with E-state index in [1.54, 1.807) is 4.57 Å². The molecule has 0 N–H and O–H groups in total. The van der Waals surface area contributed by atoms with Gasteiger partial charge in [-0.25, -0.2) is 9.37 Å². The number of rotatable bonds is 0. The number of benzene rings is 1. The molecule has 5 heteroatoms. The molecular weight excluding hydrogens is 281 g/mol. The molecule has 0 fully saturated rings. The second kappa shape index (κ2) is 4.91. The third kappa shape index (κ3) is 2.61. The normalized spacial score (nSPS) is 12.5. The van der Waals surface area contributed by atoms with Gasteiger partial charge >= 0.3 is 0 Å². The van der Waals surface area contributed by atoms with Crippen LogP contribution in [0.1, 0.15) is 52.9 Å². The predicted molar refractivity (Wildman–Crippen MR) is 84.4 cm³/mol. The van der Waals surface area contributed by atoms with Crippen molar-refractivity contribution in [1.29, 1.82) is 5.26 Å². The van der Waals surface area contributed by atoms with Crippen LogP contribution in [0.4, 0.5) is 4.39 Å². The van der Waals surface area contributed by atoms with E-state index in [-0.39, 0.29) is 27.4 Å². The van der Waals surface area contributed by atoms with E-state index >= 15 is 0 Å². The van der Waals surface area contributed by atoms with Crippen LogP contribution in [0.15, 0.2) is 16.9 Å². The largest absolute Gasteiger partial charge is 0.290 e. The topological polar surface area (TPSA) is 58.7 Å². The van der Waals surface area contributed by atoms with Crippen LogP contribution in [0, 0.1) is 17.1 Å². The van der Waals surface area contributed by atoms with Crippen LogP contribution in [0.5, 0.6) is 0 Å². The highest BCUT2D eigenvalue weighted by Gasteiger charge is 2.29. The maximum Gasteiger partial charge on any atom is 0.262 e. The van der Waals surface area contributed by atoms with E-state index in [1.807, 2.05) is 47.6 Å². The number of fused-ring (bicyclic) bond motifs is 1. The van der Waals surface area contributed by atoms with E-state index in [0.29, 0.717) is 5.82 Å². The first-order valence-electron chi connectivity index (χ1n) is 7.14. The molecule has 116 valence electrons. The molecule has 2 rings (SSSR count). The summed E-state index contributed by atoms with van der Waals surface area (Å²) in [5.74, 6) is -0.0208. The molecule has 0 aliphatic heterocycles. The molecule has 4 nitrogen and oxygen atoms in total. The first kappa shape index (κ1) is 16.2. The van der Waals surface area contributed by atoms with Crippen molar-refractivity contribution in [2.75, 3.05) is 0 Å². The maximum absolute atomic E-state index is 13.7. The molecule has 0 saturated carbocycles. The number of hydrogen-bond acceptors (Lipinski definition) is 3. The van der Waals surface area contributed by atoms with Gasteiger partial charge in [0, 0.05) is 11.0 Å². The molecule has 0 atom stereocenters. The average Bonchev–Trinajstić information content (AvgIpc) is 2.35. The molecule has 0 amide bonds. The third-order valence-corrected chi connectivity index (χ3v) is 3.40. The lowest BCUT2D eigenvalue weighted by molar-refractivity contribution is 0.338. The molecule has 0 saturated heterocycles. The van der Waals surface area contributed by atoms with Crippen LogP contribution in [0.3, 0.4) is 0 Å². The van der Waals surface area contributed by atoms with Crippen LogP contribution < -0.4 is 5.56 Å². The summed E-state index contributed by atoms with van der Waals surface area (Å²) in [5.41, 5.74) is -0.863. The zero-order chi connectivity index (χ0) is 16.9. The highest BCUT2D eigenvalue weighted by molar-refractivity contribution is 5.83. The predicted octanol–water partition coefficient (Wildman–Crippen LogP) is 3.46. The van der Waals surface area contributed by atoms with Gasteiger partial charge in [0.05, 0.1) is 16.5 Å². The summed E-state index contributed by atoms with van der Waals surface area (Å²) in [6.07, 6.45) is 0. The van der Waals surface area contributed by atoms with E-state index in [9.17, 15) is 14.4 Å². The lowest BCUT2D eigenvalue weighted by atomic mass is 9.92. The second-order valence-electron chi connectivity index (χ2n) is 7.46. The first-order valence-corrected chi connectivity index (χ1v) is 7.14. The highest BCUT2D eigenvalue weighted by atomic mass is 19.1. The summed E-state index contributed by atoms with van der Waals surface area (Å²) in [4.78, 5) is 17.5.